The fourth-order valence-corrected chi connectivity index (χ4v) is 4.71. The van der Waals surface area contributed by atoms with E-state index < -0.39 is 15.4 Å². The second kappa shape index (κ2) is 23.2. The molecule has 0 aromatic rings. The number of unbranched alkanes of at least 4 members (excludes halogenated alkanes) is 16. The molecule has 0 saturated heterocycles. The summed E-state index contributed by atoms with van der Waals surface area (Å²) in [6, 6.07) is 0. The first-order valence-electron chi connectivity index (χ1n) is 12.0. The second-order valence-corrected chi connectivity index (χ2v) is 10.0. The van der Waals surface area contributed by atoms with Gasteiger partial charge in [0.25, 0.3) is 0 Å². The molecule has 164 valence electrons. The predicted molar refractivity (Wildman–Crippen MR) is 117 cm³/mol. The molecule has 5 heteroatoms. The first kappa shape index (κ1) is 31.7. The van der Waals surface area contributed by atoms with Gasteiger partial charge in [-0.15, -0.1) is 0 Å². The molecule has 0 aliphatic rings. The summed E-state index contributed by atoms with van der Waals surface area (Å²) in [7, 11) is -4.13. The Balaban J connectivity index is 0. The van der Waals surface area contributed by atoms with Crippen LogP contribution in [-0.4, -0.2) is 18.2 Å². The van der Waals surface area contributed by atoms with Crippen molar-refractivity contribution in [2.45, 2.75) is 148 Å². The molecule has 0 atom stereocenters. The minimum Gasteiger partial charge on any atom is -0.748 e. The average Bonchev–Trinajstić information content (AvgIpc) is 2.62. The van der Waals surface area contributed by atoms with Crippen molar-refractivity contribution >= 4 is 10.1 Å². The zero-order valence-corrected chi connectivity index (χ0v) is 23.3. The molecule has 0 amide bonds. The molecular formula is C23H47KO3S. The Kier molecular flexibility index (Phi) is 26.3. The van der Waals surface area contributed by atoms with Gasteiger partial charge in [-0.05, 0) is 12.8 Å². The summed E-state index contributed by atoms with van der Waals surface area (Å²) in [5.74, 6) is 0. The Morgan fingerprint density at radius 3 is 1.04 bits per heavy atom. The predicted octanol–water partition coefficient (Wildman–Crippen LogP) is 4.75. The number of hydrogen-bond acceptors (Lipinski definition) is 3. The zero-order valence-electron chi connectivity index (χ0n) is 19.4. The molecule has 0 spiro atoms. The molecule has 0 aromatic heterocycles. The van der Waals surface area contributed by atoms with Crippen LogP contribution in [0.2, 0.25) is 0 Å². The Hall–Kier alpha value is 1.55. The first-order valence-corrected chi connectivity index (χ1v) is 13.4. The van der Waals surface area contributed by atoms with E-state index >= 15 is 0 Å². The van der Waals surface area contributed by atoms with Gasteiger partial charge in [0.1, 0.15) is 0 Å². The second-order valence-electron chi connectivity index (χ2n) is 8.35. The van der Waals surface area contributed by atoms with Crippen LogP contribution in [0, 0.1) is 0 Å². The van der Waals surface area contributed by atoms with Crippen LogP contribution in [0.5, 0.6) is 0 Å². The van der Waals surface area contributed by atoms with Gasteiger partial charge in [-0.3, -0.25) is 0 Å². The fourth-order valence-electron chi connectivity index (χ4n) is 3.80. The SMILES string of the molecule is CCCCCCCCCCCC(CCCCCCCCCCC)S(=O)(=O)[O-].[K+]. The molecule has 0 aromatic carbocycles. The summed E-state index contributed by atoms with van der Waals surface area (Å²) in [6.45, 7) is 4.46. The quantitative estimate of drug-likeness (QED) is 0.146. The Morgan fingerprint density at radius 2 is 0.786 bits per heavy atom. The van der Waals surface area contributed by atoms with Crippen LogP contribution in [0.15, 0.2) is 0 Å². The Morgan fingerprint density at radius 1 is 0.536 bits per heavy atom. The molecule has 0 unspecified atom stereocenters. The van der Waals surface area contributed by atoms with Gasteiger partial charge in [0, 0.05) is 5.25 Å². The van der Waals surface area contributed by atoms with E-state index in [1.54, 1.807) is 0 Å². The average molecular weight is 443 g/mol. The third-order valence-electron chi connectivity index (χ3n) is 5.67. The van der Waals surface area contributed by atoms with E-state index in [4.69, 9.17) is 0 Å². The largest absolute Gasteiger partial charge is 1.00 e. The molecule has 0 rings (SSSR count). The van der Waals surface area contributed by atoms with Gasteiger partial charge in [-0.1, -0.05) is 129 Å². The number of hydrogen-bond donors (Lipinski definition) is 0. The van der Waals surface area contributed by atoms with Crippen LogP contribution < -0.4 is 51.4 Å². The smallest absolute Gasteiger partial charge is 0.748 e. The normalized spacial score (nSPS) is 11.7. The maximum Gasteiger partial charge on any atom is 1.00 e. The van der Waals surface area contributed by atoms with Gasteiger partial charge in [0.2, 0.25) is 0 Å². The van der Waals surface area contributed by atoms with Crippen molar-refractivity contribution in [1.29, 1.82) is 0 Å². The van der Waals surface area contributed by atoms with Crippen molar-refractivity contribution in [3.8, 4) is 0 Å². The van der Waals surface area contributed by atoms with Crippen molar-refractivity contribution in [3.05, 3.63) is 0 Å². The van der Waals surface area contributed by atoms with Crippen LogP contribution in [0.3, 0.4) is 0 Å². The Bertz CT molecular complexity index is 377. The van der Waals surface area contributed by atoms with Gasteiger partial charge < -0.3 is 4.55 Å². The minimum atomic E-state index is -4.13. The molecule has 0 radical (unpaired) electrons. The standard InChI is InChI=1S/C23H48O3S.K/c1-3-5-7-9-11-13-15-17-19-21-23(27(24,25)26)22-20-18-16-14-12-10-8-6-4-2;/h23H,3-22H2,1-2H3,(H,24,25,26);/q;+1/p-1. The molecule has 0 saturated carbocycles. The molecule has 3 nitrogen and oxygen atoms in total. The van der Waals surface area contributed by atoms with Crippen molar-refractivity contribution in [3.63, 3.8) is 0 Å². The number of rotatable bonds is 21. The summed E-state index contributed by atoms with van der Waals surface area (Å²) in [4.78, 5) is 0. The van der Waals surface area contributed by atoms with E-state index in [0.29, 0.717) is 12.8 Å². The summed E-state index contributed by atoms with van der Waals surface area (Å²) in [6.07, 6.45) is 23.0. The molecule has 0 aliphatic carbocycles. The van der Waals surface area contributed by atoms with Crippen molar-refractivity contribution < 1.29 is 64.4 Å². The van der Waals surface area contributed by atoms with E-state index in [2.05, 4.69) is 13.8 Å². The van der Waals surface area contributed by atoms with Gasteiger partial charge in [0.05, 0.1) is 10.1 Å². The van der Waals surface area contributed by atoms with E-state index in [0.717, 1.165) is 25.7 Å². The van der Waals surface area contributed by atoms with Crippen LogP contribution in [0.1, 0.15) is 142 Å². The van der Waals surface area contributed by atoms with Crippen LogP contribution in [0.4, 0.5) is 0 Å². The van der Waals surface area contributed by atoms with Crippen LogP contribution in [-0.2, 0) is 10.1 Å². The van der Waals surface area contributed by atoms with E-state index in [1.165, 1.54) is 89.9 Å². The fraction of sp³-hybridized carbons (Fsp3) is 1.00. The van der Waals surface area contributed by atoms with Gasteiger partial charge in [-0.25, -0.2) is 8.42 Å². The zero-order chi connectivity index (χ0) is 20.2. The molecule has 28 heavy (non-hydrogen) atoms. The van der Waals surface area contributed by atoms with Crippen molar-refractivity contribution in [1.82, 2.24) is 0 Å². The first-order chi connectivity index (χ1) is 13.0. The Labute approximate surface area is 219 Å². The third kappa shape index (κ3) is 22.2. The van der Waals surface area contributed by atoms with Crippen molar-refractivity contribution in [2.24, 2.45) is 0 Å². The van der Waals surface area contributed by atoms with Gasteiger partial charge in [0.15, 0.2) is 0 Å². The van der Waals surface area contributed by atoms with E-state index in [9.17, 15) is 13.0 Å². The molecule has 0 bridgehead atoms. The summed E-state index contributed by atoms with van der Waals surface area (Å²) < 4.78 is 34.5. The van der Waals surface area contributed by atoms with Gasteiger partial charge >= 0.3 is 51.4 Å². The monoisotopic (exact) mass is 442 g/mol. The van der Waals surface area contributed by atoms with Crippen LogP contribution >= 0.6 is 0 Å². The van der Waals surface area contributed by atoms with E-state index in [-0.39, 0.29) is 51.4 Å². The van der Waals surface area contributed by atoms with Crippen molar-refractivity contribution in [2.75, 3.05) is 0 Å². The molecular weight excluding hydrogens is 395 g/mol. The molecule has 0 heterocycles. The summed E-state index contributed by atoms with van der Waals surface area (Å²) in [5, 5.41) is -0.647. The van der Waals surface area contributed by atoms with Crippen LogP contribution in [0.25, 0.3) is 0 Å². The van der Waals surface area contributed by atoms with Gasteiger partial charge in [-0.2, -0.15) is 0 Å². The minimum absolute atomic E-state index is 0. The topological polar surface area (TPSA) is 57.2 Å². The maximum absolute atomic E-state index is 11.5. The maximum atomic E-state index is 11.5. The summed E-state index contributed by atoms with van der Waals surface area (Å²) in [5.41, 5.74) is 0. The molecule has 0 N–H and O–H groups in total. The molecule has 0 fully saturated rings. The summed E-state index contributed by atoms with van der Waals surface area (Å²) >= 11 is 0. The third-order valence-corrected chi connectivity index (χ3v) is 6.96. The molecule has 0 aliphatic heterocycles. The van der Waals surface area contributed by atoms with E-state index in [1.807, 2.05) is 0 Å².